The standard InChI is InChI=1S/C16H23N3O2S/c1-13-10-14(21-17-13)11-18(2)12-15(16-4-3-9-22-16)19-5-7-20-8-6-19/h3-4,9-10,15H,5-8,11-12H2,1-2H3. The Bertz CT molecular complexity index is 564. The minimum absolute atomic E-state index is 0.415. The molecule has 1 saturated heterocycles. The largest absolute Gasteiger partial charge is 0.379 e. The van der Waals surface area contributed by atoms with E-state index in [4.69, 9.17) is 9.26 Å². The topological polar surface area (TPSA) is 41.7 Å². The summed E-state index contributed by atoms with van der Waals surface area (Å²) in [5.74, 6) is 0.923. The summed E-state index contributed by atoms with van der Waals surface area (Å²) in [4.78, 5) is 6.25. The zero-order valence-electron chi connectivity index (χ0n) is 13.2. The number of ether oxygens (including phenoxy) is 1. The van der Waals surface area contributed by atoms with Gasteiger partial charge in [0.2, 0.25) is 0 Å². The maximum atomic E-state index is 5.50. The quantitative estimate of drug-likeness (QED) is 0.818. The van der Waals surface area contributed by atoms with Gasteiger partial charge < -0.3 is 9.26 Å². The Hall–Kier alpha value is -1.21. The molecule has 1 unspecified atom stereocenters. The van der Waals surface area contributed by atoms with E-state index in [0.29, 0.717) is 6.04 Å². The Morgan fingerprint density at radius 3 is 2.86 bits per heavy atom. The molecule has 1 atom stereocenters. The summed E-state index contributed by atoms with van der Waals surface area (Å²) in [6.07, 6.45) is 0. The van der Waals surface area contributed by atoms with Crippen LogP contribution in [0.2, 0.25) is 0 Å². The highest BCUT2D eigenvalue weighted by molar-refractivity contribution is 7.10. The molecular weight excluding hydrogens is 298 g/mol. The van der Waals surface area contributed by atoms with Crippen LogP contribution in [-0.4, -0.2) is 54.9 Å². The molecule has 1 aliphatic rings. The minimum Gasteiger partial charge on any atom is -0.379 e. The van der Waals surface area contributed by atoms with Gasteiger partial charge in [-0.2, -0.15) is 0 Å². The first-order valence-electron chi connectivity index (χ1n) is 7.68. The Morgan fingerprint density at radius 1 is 1.41 bits per heavy atom. The number of thiophene rings is 1. The molecule has 0 spiro atoms. The molecule has 3 rings (SSSR count). The molecule has 0 radical (unpaired) electrons. The second-order valence-electron chi connectivity index (χ2n) is 5.81. The number of hydrogen-bond acceptors (Lipinski definition) is 6. The van der Waals surface area contributed by atoms with E-state index in [0.717, 1.165) is 50.8 Å². The first-order valence-corrected chi connectivity index (χ1v) is 8.56. The lowest BCUT2D eigenvalue weighted by Gasteiger charge is -2.36. The summed E-state index contributed by atoms with van der Waals surface area (Å²) in [5, 5.41) is 6.12. The van der Waals surface area contributed by atoms with Gasteiger partial charge >= 0.3 is 0 Å². The number of hydrogen-bond donors (Lipinski definition) is 0. The van der Waals surface area contributed by atoms with Crippen LogP contribution in [0.3, 0.4) is 0 Å². The van der Waals surface area contributed by atoms with Gasteiger partial charge in [-0.25, -0.2) is 0 Å². The van der Waals surface area contributed by atoms with E-state index in [1.54, 1.807) is 0 Å². The summed E-state index contributed by atoms with van der Waals surface area (Å²) in [5.41, 5.74) is 0.936. The fraction of sp³-hybridized carbons (Fsp3) is 0.562. The van der Waals surface area contributed by atoms with Gasteiger partial charge in [-0.15, -0.1) is 11.3 Å². The highest BCUT2D eigenvalue weighted by Crippen LogP contribution is 2.27. The third kappa shape index (κ3) is 3.95. The predicted octanol–water partition coefficient (Wildman–Crippen LogP) is 2.55. The van der Waals surface area contributed by atoms with Crippen molar-refractivity contribution in [1.82, 2.24) is 15.0 Å². The van der Waals surface area contributed by atoms with Crippen LogP contribution in [0.25, 0.3) is 0 Å². The first-order chi connectivity index (χ1) is 10.7. The molecule has 0 N–H and O–H groups in total. The van der Waals surface area contributed by atoms with Gasteiger partial charge in [0.25, 0.3) is 0 Å². The zero-order chi connectivity index (χ0) is 15.4. The van der Waals surface area contributed by atoms with Crippen LogP contribution >= 0.6 is 11.3 Å². The van der Waals surface area contributed by atoms with Gasteiger partial charge in [-0.05, 0) is 25.4 Å². The maximum Gasteiger partial charge on any atom is 0.150 e. The number of aryl methyl sites for hydroxylation is 1. The van der Waals surface area contributed by atoms with Gasteiger partial charge in [-0.3, -0.25) is 9.80 Å². The van der Waals surface area contributed by atoms with Crippen molar-refractivity contribution in [1.29, 1.82) is 0 Å². The number of nitrogens with zero attached hydrogens (tertiary/aromatic N) is 3. The van der Waals surface area contributed by atoms with Gasteiger partial charge in [0.15, 0.2) is 5.76 Å². The average Bonchev–Trinajstić information content (AvgIpc) is 3.18. The number of rotatable bonds is 6. The molecule has 0 aliphatic carbocycles. The number of likely N-dealkylation sites (N-methyl/N-ethyl adjacent to an activating group) is 1. The van der Waals surface area contributed by atoms with Crippen LogP contribution in [0, 0.1) is 6.92 Å². The van der Waals surface area contributed by atoms with Gasteiger partial charge in [0.05, 0.1) is 31.5 Å². The van der Waals surface area contributed by atoms with Crippen molar-refractivity contribution in [2.24, 2.45) is 0 Å². The van der Waals surface area contributed by atoms with Gasteiger partial charge in [0.1, 0.15) is 0 Å². The van der Waals surface area contributed by atoms with Crippen molar-refractivity contribution in [2.75, 3.05) is 39.9 Å². The summed E-state index contributed by atoms with van der Waals surface area (Å²) < 4.78 is 10.8. The van der Waals surface area contributed by atoms with E-state index < -0.39 is 0 Å². The molecule has 6 heteroatoms. The summed E-state index contributed by atoms with van der Waals surface area (Å²) in [6.45, 7) is 7.36. The zero-order valence-corrected chi connectivity index (χ0v) is 14.0. The normalized spacial score (nSPS) is 18.0. The van der Waals surface area contributed by atoms with Crippen molar-refractivity contribution in [3.63, 3.8) is 0 Å². The van der Waals surface area contributed by atoms with Crippen LogP contribution in [-0.2, 0) is 11.3 Å². The lowest BCUT2D eigenvalue weighted by atomic mass is 10.1. The third-order valence-corrected chi connectivity index (χ3v) is 4.92. The summed E-state index contributed by atoms with van der Waals surface area (Å²) in [7, 11) is 2.14. The monoisotopic (exact) mass is 321 g/mol. The first kappa shape index (κ1) is 15.7. The van der Waals surface area contributed by atoms with E-state index in [9.17, 15) is 0 Å². The van der Waals surface area contributed by atoms with Crippen LogP contribution in [0.4, 0.5) is 0 Å². The van der Waals surface area contributed by atoms with Crippen molar-refractivity contribution in [3.8, 4) is 0 Å². The van der Waals surface area contributed by atoms with E-state index >= 15 is 0 Å². The molecular formula is C16H23N3O2S. The lowest BCUT2D eigenvalue weighted by Crippen LogP contribution is -2.42. The van der Waals surface area contributed by atoms with Crippen molar-refractivity contribution in [3.05, 3.63) is 39.9 Å². The molecule has 2 aromatic heterocycles. The van der Waals surface area contributed by atoms with Gasteiger partial charge in [-0.1, -0.05) is 11.2 Å². The second kappa shape index (κ2) is 7.37. The SMILES string of the molecule is Cc1cc(CN(C)CC(c2cccs2)N2CCOCC2)on1. The van der Waals surface area contributed by atoms with Crippen LogP contribution in [0.15, 0.2) is 28.1 Å². The molecule has 120 valence electrons. The fourth-order valence-electron chi connectivity index (χ4n) is 2.87. The molecule has 3 heterocycles. The van der Waals surface area contributed by atoms with Crippen LogP contribution < -0.4 is 0 Å². The minimum atomic E-state index is 0.415. The van der Waals surface area contributed by atoms with Crippen LogP contribution in [0.5, 0.6) is 0 Å². The molecule has 0 aromatic carbocycles. The Kier molecular flexibility index (Phi) is 5.25. The van der Waals surface area contributed by atoms with Crippen molar-refractivity contribution in [2.45, 2.75) is 19.5 Å². The molecule has 0 bridgehead atoms. The third-order valence-electron chi connectivity index (χ3n) is 3.95. The molecule has 5 nitrogen and oxygen atoms in total. The van der Waals surface area contributed by atoms with E-state index in [-0.39, 0.29) is 0 Å². The Labute approximate surface area is 135 Å². The van der Waals surface area contributed by atoms with Crippen molar-refractivity contribution < 1.29 is 9.26 Å². The molecule has 1 aliphatic heterocycles. The Balaban J connectivity index is 1.66. The summed E-state index contributed by atoms with van der Waals surface area (Å²) in [6, 6.07) is 6.79. The van der Waals surface area contributed by atoms with Crippen molar-refractivity contribution >= 4 is 11.3 Å². The molecule has 1 fully saturated rings. The van der Waals surface area contributed by atoms with E-state index in [1.165, 1.54) is 4.88 Å². The van der Waals surface area contributed by atoms with Gasteiger partial charge in [0, 0.05) is 30.6 Å². The Morgan fingerprint density at radius 2 is 2.23 bits per heavy atom. The summed E-state index contributed by atoms with van der Waals surface area (Å²) >= 11 is 1.83. The molecule has 22 heavy (non-hydrogen) atoms. The second-order valence-corrected chi connectivity index (χ2v) is 6.79. The number of aromatic nitrogens is 1. The average molecular weight is 321 g/mol. The molecule has 0 saturated carbocycles. The number of morpholine rings is 1. The smallest absolute Gasteiger partial charge is 0.150 e. The highest BCUT2D eigenvalue weighted by Gasteiger charge is 2.25. The van der Waals surface area contributed by atoms with E-state index in [1.807, 2.05) is 24.3 Å². The fourth-order valence-corrected chi connectivity index (χ4v) is 3.72. The molecule has 2 aromatic rings. The van der Waals surface area contributed by atoms with E-state index in [2.05, 4.69) is 39.5 Å². The predicted molar refractivity (Wildman–Crippen MR) is 87.0 cm³/mol. The highest BCUT2D eigenvalue weighted by atomic mass is 32.1. The van der Waals surface area contributed by atoms with Crippen LogP contribution in [0.1, 0.15) is 22.4 Å². The molecule has 0 amide bonds. The lowest BCUT2D eigenvalue weighted by molar-refractivity contribution is 0.00918. The maximum absolute atomic E-state index is 5.50.